The van der Waals surface area contributed by atoms with E-state index in [1.54, 1.807) is 6.07 Å². The molecule has 0 aliphatic heterocycles. The molecule has 0 aliphatic rings. The van der Waals surface area contributed by atoms with Gasteiger partial charge in [-0.1, -0.05) is 54.6 Å². The van der Waals surface area contributed by atoms with Gasteiger partial charge in [-0.2, -0.15) is 0 Å². The van der Waals surface area contributed by atoms with Crippen LogP contribution < -0.4 is 0 Å². The number of rotatable bonds is 3. The van der Waals surface area contributed by atoms with E-state index in [0.717, 1.165) is 16.7 Å². The van der Waals surface area contributed by atoms with Crippen LogP contribution in [0.2, 0.25) is 0 Å². The van der Waals surface area contributed by atoms with Crippen LogP contribution in [-0.2, 0) is 0 Å². The lowest BCUT2D eigenvalue weighted by Crippen LogP contribution is -1.95. The van der Waals surface area contributed by atoms with Crippen LogP contribution in [0.1, 0.15) is 10.6 Å². The first-order chi connectivity index (χ1) is 9.75. The summed E-state index contributed by atoms with van der Waals surface area (Å²) in [5, 5.41) is 9.05. The summed E-state index contributed by atoms with van der Waals surface area (Å²) in [5.41, 5.74) is 3.65. The SMILES string of the molecule is O=C(O)c1occc1-c1ccc(-c2ccccc2)cc1. The van der Waals surface area contributed by atoms with E-state index in [-0.39, 0.29) is 5.76 Å². The number of furan rings is 1. The third-order valence-corrected chi connectivity index (χ3v) is 3.16. The van der Waals surface area contributed by atoms with Crippen LogP contribution in [0.5, 0.6) is 0 Å². The molecule has 0 unspecified atom stereocenters. The largest absolute Gasteiger partial charge is 0.475 e. The molecule has 20 heavy (non-hydrogen) atoms. The molecule has 3 heteroatoms. The standard InChI is InChI=1S/C17H12O3/c18-17(19)16-15(10-11-20-16)14-8-6-13(7-9-14)12-4-2-1-3-5-12/h1-11H,(H,18,19). The molecule has 1 aromatic heterocycles. The molecule has 3 aromatic rings. The van der Waals surface area contributed by atoms with Gasteiger partial charge in [0.05, 0.1) is 6.26 Å². The number of carbonyl (C=O) groups is 1. The van der Waals surface area contributed by atoms with E-state index in [4.69, 9.17) is 9.52 Å². The van der Waals surface area contributed by atoms with Crippen molar-refractivity contribution >= 4 is 5.97 Å². The Morgan fingerprint density at radius 2 is 1.40 bits per heavy atom. The molecule has 0 saturated carbocycles. The highest BCUT2D eigenvalue weighted by Crippen LogP contribution is 2.27. The zero-order valence-corrected chi connectivity index (χ0v) is 10.6. The van der Waals surface area contributed by atoms with Crippen molar-refractivity contribution in [1.29, 1.82) is 0 Å². The molecule has 0 spiro atoms. The van der Waals surface area contributed by atoms with Crippen LogP contribution in [0.3, 0.4) is 0 Å². The minimum atomic E-state index is -1.06. The molecule has 98 valence electrons. The summed E-state index contributed by atoms with van der Waals surface area (Å²) in [6.07, 6.45) is 1.39. The minimum absolute atomic E-state index is 0.0301. The lowest BCUT2D eigenvalue weighted by molar-refractivity contribution is 0.0663. The number of hydrogen-bond acceptors (Lipinski definition) is 2. The monoisotopic (exact) mass is 264 g/mol. The lowest BCUT2D eigenvalue weighted by Gasteiger charge is -2.04. The van der Waals surface area contributed by atoms with Gasteiger partial charge in [-0.05, 0) is 22.8 Å². The minimum Gasteiger partial charge on any atom is -0.475 e. The summed E-state index contributed by atoms with van der Waals surface area (Å²) >= 11 is 0. The highest BCUT2D eigenvalue weighted by molar-refractivity contribution is 5.93. The van der Waals surface area contributed by atoms with Crippen molar-refractivity contribution in [3.8, 4) is 22.3 Å². The molecule has 1 heterocycles. The van der Waals surface area contributed by atoms with Crippen LogP contribution in [0, 0.1) is 0 Å². The predicted octanol–water partition coefficient (Wildman–Crippen LogP) is 4.31. The fourth-order valence-electron chi connectivity index (χ4n) is 2.18. The van der Waals surface area contributed by atoms with E-state index in [0.29, 0.717) is 5.56 Å². The van der Waals surface area contributed by atoms with E-state index in [1.807, 2.05) is 54.6 Å². The Labute approximate surface area is 116 Å². The molecular formula is C17H12O3. The molecule has 3 nitrogen and oxygen atoms in total. The van der Waals surface area contributed by atoms with E-state index in [1.165, 1.54) is 6.26 Å². The first-order valence-electron chi connectivity index (χ1n) is 6.22. The number of hydrogen-bond donors (Lipinski definition) is 1. The smallest absolute Gasteiger partial charge is 0.372 e. The zero-order chi connectivity index (χ0) is 13.9. The van der Waals surface area contributed by atoms with Crippen molar-refractivity contribution in [3.05, 3.63) is 72.7 Å². The van der Waals surface area contributed by atoms with Gasteiger partial charge in [-0.25, -0.2) is 4.79 Å². The van der Waals surface area contributed by atoms with Gasteiger partial charge < -0.3 is 9.52 Å². The Kier molecular flexibility index (Phi) is 3.09. The van der Waals surface area contributed by atoms with Crippen molar-refractivity contribution < 1.29 is 14.3 Å². The van der Waals surface area contributed by atoms with E-state index >= 15 is 0 Å². The second-order valence-corrected chi connectivity index (χ2v) is 4.41. The maximum Gasteiger partial charge on any atom is 0.372 e. The topological polar surface area (TPSA) is 50.4 Å². The van der Waals surface area contributed by atoms with Gasteiger partial charge >= 0.3 is 5.97 Å². The molecule has 3 rings (SSSR count). The average Bonchev–Trinajstić information content (AvgIpc) is 2.98. The highest BCUT2D eigenvalue weighted by atomic mass is 16.4. The molecule has 1 N–H and O–H groups in total. The van der Waals surface area contributed by atoms with E-state index < -0.39 is 5.97 Å². The Morgan fingerprint density at radius 3 is 2.05 bits per heavy atom. The van der Waals surface area contributed by atoms with E-state index in [2.05, 4.69) is 0 Å². The third kappa shape index (κ3) is 2.21. The molecule has 2 aromatic carbocycles. The predicted molar refractivity (Wildman–Crippen MR) is 76.5 cm³/mol. The zero-order valence-electron chi connectivity index (χ0n) is 10.6. The fourth-order valence-corrected chi connectivity index (χ4v) is 2.18. The molecular weight excluding hydrogens is 252 g/mol. The number of aromatic carboxylic acids is 1. The summed E-state index contributed by atoms with van der Waals surface area (Å²) in [7, 11) is 0. The maximum absolute atomic E-state index is 11.1. The second-order valence-electron chi connectivity index (χ2n) is 4.41. The Bertz CT molecular complexity index is 724. The van der Waals surface area contributed by atoms with Gasteiger partial charge in [0.1, 0.15) is 0 Å². The number of carboxylic acid groups (broad SMARTS) is 1. The van der Waals surface area contributed by atoms with Crippen molar-refractivity contribution in [2.24, 2.45) is 0 Å². The molecule has 0 fully saturated rings. The molecule has 0 aliphatic carbocycles. The van der Waals surface area contributed by atoms with Crippen molar-refractivity contribution in [3.63, 3.8) is 0 Å². The summed E-state index contributed by atoms with van der Waals surface area (Å²) in [6.45, 7) is 0. The fraction of sp³-hybridized carbons (Fsp3) is 0. The quantitative estimate of drug-likeness (QED) is 0.766. The van der Waals surface area contributed by atoms with E-state index in [9.17, 15) is 4.79 Å². The molecule has 0 saturated heterocycles. The van der Waals surface area contributed by atoms with Gasteiger partial charge in [0, 0.05) is 5.56 Å². The van der Waals surface area contributed by atoms with Gasteiger partial charge in [-0.15, -0.1) is 0 Å². The average molecular weight is 264 g/mol. The first kappa shape index (κ1) is 12.2. The van der Waals surface area contributed by atoms with Crippen LogP contribution in [0.4, 0.5) is 0 Å². The van der Waals surface area contributed by atoms with Crippen LogP contribution >= 0.6 is 0 Å². The third-order valence-electron chi connectivity index (χ3n) is 3.16. The van der Waals surface area contributed by atoms with Crippen LogP contribution in [-0.4, -0.2) is 11.1 Å². The van der Waals surface area contributed by atoms with Gasteiger partial charge in [0.25, 0.3) is 0 Å². The summed E-state index contributed by atoms with van der Waals surface area (Å²) < 4.78 is 5.00. The molecule has 0 bridgehead atoms. The summed E-state index contributed by atoms with van der Waals surface area (Å²) in [5.74, 6) is -1.09. The normalized spacial score (nSPS) is 10.4. The summed E-state index contributed by atoms with van der Waals surface area (Å²) in [4.78, 5) is 11.1. The van der Waals surface area contributed by atoms with Gasteiger partial charge in [-0.3, -0.25) is 0 Å². The number of carboxylic acids is 1. The maximum atomic E-state index is 11.1. The lowest BCUT2D eigenvalue weighted by atomic mass is 10.0. The second kappa shape index (κ2) is 5.05. The first-order valence-corrected chi connectivity index (χ1v) is 6.22. The molecule has 0 atom stereocenters. The molecule has 0 radical (unpaired) electrons. The van der Waals surface area contributed by atoms with Gasteiger partial charge in [0.15, 0.2) is 0 Å². The summed E-state index contributed by atoms with van der Waals surface area (Å²) in [6, 6.07) is 19.4. The Morgan fingerprint density at radius 1 is 0.800 bits per heavy atom. The van der Waals surface area contributed by atoms with Crippen molar-refractivity contribution in [2.75, 3.05) is 0 Å². The van der Waals surface area contributed by atoms with Gasteiger partial charge in [0.2, 0.25) is 5.76 Å². The Hall–Kier alpha value is -2.81. The Balaban J connectivity index is 1.98. The highest BCUT2D eigenvalue weighted by Gasteiger charge is 2.15. The van der Waals surface area contributed by atoms with Crippen molar-refractivity contribution in [1.82, 2.24) is 0 Å². The van der Waals surface area contributed by atoms with Crippen LogP contribution in [0.25, 0.3) is 22.3 Å². The molecule has 0 amide bonds. The van der Waals surface area contributed by atoms with Crippen LogP contribution in [0.15, 0.2) is 71.3 Å². The number of benzene rings is 2. The van der Waals surface area contributed by atoms with Crippen molar-refractivity contribution in [2.45, 2.75) is 0 Å².